The summed E-state index contributed by atoms with van der Waals surface area (Å²) in [5.41, 5.74) is 4.85. The van der Waals surface area contributed by atoms with Gasteiger partial charge in [0.2, 0.25) is 0 Å². The molecule has 0 spiro atoms. The molecule has 218 valence electrons. The van der Waals surface area contributed by atoms with Gasteiger partial charge in [0, 0.05) is 83.5 Å². The van der Waals surface area contributed by atoms with Gasteiger partial charge in [-0.25, -0.2) is 4.39 Å². The molecule has 2 unspecified atom stereocenters. The Labute approximate surface area is 244 Å². The Morgan fingerprint density at radius 2 is 1.80 bits per heavy atom. The number of methoxy groups -OCH3 is 1. The molecule has 0 radical (unpaired) electrons. The third-order valence-electron chi connectivity index (χ3n) is 8.90. The van der Waals surface area contributed by atoms with E-state index in [0.29, 0.717) is 18.6 Å². The summed E-state index contributed by atoms with van der Waals surface area (Å²) in [5, 5.41) is 2.28. The Morgan fingerprint density at radius 3 is 2.54 bits per heavy atom. The highest BCUT2D eigenvalue weighted by Gasteiger charge is 2.30. The summed E-state index contributed by atoms with van der Waals surface area (Å²) in [6.45, 7) is 11.0. The van der Waals surface area contributed by atoms with Gasteiger partial charge in [0.05, 0.1) is 17.7 Å². The number of rotatable bonds is 7. The molecule has 41 heavy (non-hydrogen) atoms. The zero-order valence-electron chi connectivity index (χ0n) is 25.0. The molecule has 1 aromatic heterocycles. The van der Waals surface area contributed by atoms with Crippen molar-refractivity contribution in [1.29, 1.82) is 0 Å². The number of nitrogens with zero attached hydrogens (tertiary/aromatic N) is 5. The van der Waals surface area contributed by atoms with Gasteiger partial charge in [-0.15, -0.1) is 0 Å². The Kier molecular flexibility index (Phi) is 9.68. The van der Waals surface area contributed by atoms with Crippen LogP contribution in [0.1, 0.15) is 26.7 Å². The van der Waals surface area contributed by atoms with Crippen LogP contribution < -0.4 is 10.6 Å². The summed E-state index contributed by atoms with van der Waals surface area (Å²) in [6, 6.07) is 4.78. The van der Waals surface area contributed by atoms with E-state index in [9.17, 15) is 4.39 Å². The highest BCUT2D eigenvalue weighted by atomic mass is 19.1. The molecule has 1 aromatic rings. The molecule has 6 nitrogen and oxygen atoms in total. The summed E-state index contributed by atoms with van der Waals surface area (Å²) >= 11 is 0. The van der Waals surface area contributed by atoms with Gasteiger partial charge in [-0.3, -0.25) is 14.9 Å². The minimum atomic E-state index is -0.184. The molecule has 3 heterocycles. The van der Waals surface area contributed by atoms with Crippen LogP contribution in [0.25, 0.3) is 11.8 Å². The molecule has 0 N–H and O–H groups in total. The van der Waals surface area contributed by atoms with Crippen LogP contribution in [-0.4, -0.2) is 92.0 Å². The molecule has 7 heteroatoms. The normalized spacial score (nSPS) is 24.9. The van der Waals surface area contributed by atoms with Gasteiger partial charge >= 0.3 is 0 Å². The molecule has 2 aliphatic carbocycles. The Hall–Kier alpha value is -3.29. The SMILES string of the molecule is CN=C/C=C\C1C=C(F)C=CC(N2CCC(N3CCN(C4=c5ncccc5=CC(C)C(COC)=C4)CC3)CC2)=C1C. The fourth-order valence-corrected chi connectivity index (χ4v) is 6.52. The van der Waals surface area contributed by atoms with Crippen LogP contribution in [0.2, 0.25) is 0 Å². The average molecular weight is 558 g/mol. The number of hydrogen-bond acceptors (Lipinski definition) is 6. The van der Waals surface area contributed by atoms with Crippen LogP contribution in [0.15, 0.2) is 82.4 Å². The average Bonchev–Trinajstić information content (AvgIpc) is 3.22. The van der Waals surface area contributed by atoms with Crippen molar-refractivity contribution in [3.63, 3.8) is 0 Å². The maximum absolute atomic E-state index is 14.4. The summed E-state index contributed by atoms with van der Waals surface area (Å²) in [4.78, 5) is 16.5. The highest BCUT2D eigenvalue weighted by molar-refractivity contribution is 5.71. The maximum Gasteiger partial charge on any atom is 0.120 e. The molecule has 2 fully saturated rings. The zero-order valence-corrected chi connectivity index (χ0v) is 25.0. The molecule has 5 rings (SSSR count). The van der Waals surface area contributed by atoms with Crippen molar-refractivity contribution in [2.75, 3.05) is 60.0 Å². The van der Waals surface area contributed by atoms with Gasteiger partial charge in [-0.05, 0) is 78.5 Å². The summed E-state index contributed by atoms with van der Waals surface area (Å²) in [5.74, 6) is 0.0627. The first-order chi connectivity index (χ1) is 20.0. The van der Waals surface area contributed by atoms with Crippen LogP contribution in [0, 0.1) is 11.8 Å². The smallest absolute Gasteiger partial charge is 0.120 e. The second-order valence-electron chi connectivity index (χ2n) is 11.4. The Morgan fingerprint density at radius 1 is 1.05 bits per heavy atom. The number of aromatic nitrogens is 1. The van der Waals surface area contributed by atoms with E-state index >= 15 is 0 Å². The third-order valence-corrected chi connectivity index (χ3v) is 8.90. The topological polar surface area (TPSA) is 44.2 Å². The van der Waals surface area contributed by atoms with Gasteiger partial charge in [-0.2, -0.15) is 0 Å². The van der Waals surface area contributed by atoms with E-state index < -0.39 is 0 Å². The van der Waals surface area contributed by atoms with Crippen molar-refractivity contribution in [2.45, 2.75) is 32.7 Å². The predicted molar refractivity (Wildman–Crippen MR) is 166 cm³/mol. The Balaban J connectivity index is 1.24. The largest absolute Gasteiger partial charge is 0.380 e. The molecule has 0 amide bonds. The lowest BCUT2D eigenvalue weighted by Crippen LogP contribution is -2.53. The van der Waals surface area contributed by atoms with Crippen molar-refractivity contribution >= 4 is 18.0 Å². The summed E-state index contributed by atoms with van der Waals surface area (Å²) < 4.78 is 20.0. The molecule has 2 atom stereocenters. The Bertz CT molecular complexity index is 1390. The van der Waals surface area contributed by atoms with Gasteiger partial charge < -0.3 is 14.5 Å². The summed E-state index contributed by atoms with van der Waals surface area (Å²) in [6.07, 6.45) is 19.7. The quantitative estimate of drug-likeness (QED) is 0.477. The van der Waals surface area contributed by atoms with Gasteiger partial charge in [-0.1, -0.05) is 25.1 Å². The first kappa shape index (κ1) is 29.2. The first-order valence-electron chi connectivity index (χ1n) is 14.9. The van der Waals surface area contributed by atoms with Gasteiger partial charge in [0.25, 0.3) is 0 Å². The molecule has 2 aliphatic heterocycles. The molecule has 0 saturated carbocycles. The van der Waals surface area contributed by atoms with Crippen LogP contribution in [-0.2, 0) is 4.74 Å². The van der Waals surface area contributed by atoms with E-state index in [2.05, 4.69) is 51.8 Å². The van der Waals surface area contributed by atoms with E-state index in [1.165, 1.54) is 22.1 Å². The molecule has 0 bridgehead atoms. The van der Waals surface area contributed by atoms with E-state index in [-0.39, 0.29) is 11.7 Å². The van der Waals surface area contributed by atoms with Crippen LogP contribution in [0.4, 0.5) is 4.39 Å². The number of halogens is 1. The van der Waals surface area contributed by atoms with Crippen molar-refractivity contribution in [1.82, 2.24) is 19.7 Å². The molecule has 4 aliphatic rings. The third kappa shape index (κ3) is 6.79. The van der Waals surface area contributed by atoms with E-state index in [1.54, 1.807) is 32.5 Å². The molecular formula is C34H44FN5O. The zero-order chi connectivity index (χ0) is 28.8. The number of ether oxygens (including phenoxy) is 1. The number of pyridine rings is 1. The van der Waals surface area contributed by atoms with Crippen molar-refractivity contribution < 1.29 is 9.13 Å². The first-order valence-corrected chi connectivity index (χ1v) is 14.9. The van der Waals surface area contributed by atoms with E-state index in [0.717, 1.165) is 63.2 Å². The molecule has 0 aromatic carbocycles. The number of piperazine rings is 1. The number of aliphatic imine (C=N–C) groups is 1. The minimum Gasteiger partial charge on any atom is -0.380 e. The number of hydrogen-bond donors (Lipinski definition) is 0. The second-order valence-corrected chi connectivity index (χ2v) is 11.4. The lowest BCUT2D eigenvalue weighted by Gasteiger charge is -2.44. The van der Waals surface area contributed by atoms with Gasteiger partial charge in [0.15, 0.2) is 0 Å². The van der Waals surface area contributed by atoms with E-state index in [4.69, 9.17) is 9.72 Å². The second kappa shape index (κ2) is 13.6. The van der Waals surface area contributed by atoms with Crippen molar-refractivity contribution in [2.24, 2.45) is 16.8 Å². The number of fused-ring (bicyclic) bond motifs is 1. The monoisotopic (exact) mass is 557 g/mol. The molecular weight excluding hydrogens is 513 g/mol. The van der Waals surface area contributed by atoms with E-state index in [1.807, 2.05) is 30.5 Å². The van der Waals surface area contributed by atoms with Crippen molar-refractivity contribution in [3.8, 4) is 0 Å². The van der Waals surface area contributed by atoms with Crippen LogP contribution in [0.3, 0.4) is 0 Å². The standard InChI is InChI=1S/C34H44FN5O/c1-25-21-28-8-6-14-37-34(28)33(23-29(25)24-41-4)40-19-17-38(18-20-40)31-11-15-39(16-12-31)32-10-9-30(35)22-27(26(32)2)7-5-13-36-3/h5-10,13-14,21-23,25,27,31H,11-12,15-20,24H2,1-4H3/b7-5-,36-13?. The van der Waals surface area contributed by atoms with Gasteiger partial charge in [0.1, 0.15) is 5.83 Å². The molecule has 2 saturated heterocycles. The number of piperidine rings is 1. The lowest BCUT2D eigenvalue weighted by atomic mass is 9.95. The fourth-order valence-electron chi connectivity index (χ4n) is 6.52. The maximum atomic E-state index is 14.4. The number of likely N-dealkylation sites (tertiary alicyclic amines) is 1. The summed E-state index contributed by atoms with van der Waals surface area (Å²) in [7, 11) is 3.51. The lowest BCUT2D eigenvalue weighted by molar-refractivity contribution is 0.0857. The van der Waals surface area contributed by atoms with Crippen LogP contribution >= 0.6 is 0 Å². The number of allylic oxidation sites excluding steroid dienone is 7. The van der Waals surface area contributed by atoms with Crippen LogP contribution in [0.5, 0.6) is 0 Å². The highest BCUT2D eigenvalue weighted by Crippen LogP contribution is 2.30. The predicted octanol–water partition coefficient (Wildman–Crippen LogP) is 3.85. The van der Waals surface area contributed by atoms with Crippen molar-refractivity contribution in [3.05, 3.63) is 88.0 Å². The minimum absolute atomic E-state index is 0.0658. The fraction of sp³-hybridized carbons (Fsp3) is 0.471.